The van der Waals surface area contributed by atoms with Crippen molar-refractivity contribution in [1.82, 2.24) is 25.3 Å². The van der Waals surface area contributed by atoms with Crippen molar-refractivity contribution in [2.75, 3.05) is 30.4 Å². The number of amides is 1. The minimum atomic E-state index is -1.29. The summed E-state index contributed by atoms with van der Waals surface area (Å²) >= 11 is 6.19. The van der Waals surface area contributed by atoms with E-state index in [-0.39, 0.29) is 6.04 Å². The van der Waals surface area contributed by atoms with Gasteiger partial charge in [-0.25, -0.2) is 19.9 Å². The van der Waals surface area contributed by atoms with E-state index in [1.807, 2.05) is 18.2 Å². The van der Waals surface area contributed by atoms with E-state index in [4.69, 9.17) is 16.3 Å². The van der Waals surface area contributed by atoms with Crippen LogP contribution in [0, 0.1) is 5.92 Å². The van der Waals surface area contributed by atoms with Gasteiger partial charge in [0.1, 0.15) is 11.3 Å². The van der Waals surface area contributed by atoms with E-state index in [1.54, 1.807) is 6.20 Å². The topological polar surface area (TPSA) is 134 Å². The number of nitrogens with one attached hydrogen (secondary N) is 3. The Bertz CT molecular complexity index is 1170. The fourth-order valence-corrected chi connectivity index (χ4v) is 4.58. The largest absolute Gasteiger partial charge is 0.378 e. The van der Waals surface area contributed by atoms with E-state index < -0.39 is 12.0 Å². The molecule has 184 valence electrons. The minimum absolute atomic E-state index is 0.0380. The number of aromatic nitrogens is 4. The smallest absolute Gasteiger partial charge is 0.253 e. The second-order valence-corrected chi connectivity index (χ2v) is 9.46. The van der Waals surface area contributed by atoms with Crippen LogP contribution in [0.3, 0.4) is 0 Å². The lowest BCUT2D eigenvalue weighted by molar-refractivity contribution is -0.133. The lowest BCUT2D eigenvalue weighted by Crippen LogP contribution is -2.50. The van der Waals surface area contributed by atoms with Crippen LogP contribution >= 0.6 is 11.6 Å². The van der Waals surface area contributed by atoms with Crippen LogP contribution in [0.25, 0.3) is 10.9 Å². The van der Waals surface area contributed by atoms with Gasteiger partial charge < -0.3 is 25.8 Å². The number of rotatable bonds is 8. The van der Waals surface area contributed by atoms with Crippen LogP contribution in [-0.2, 0) is 9.53 Å². The molecule has 1 amide bonds. The number of carbonyl (C=O) groups excluding carboxylic acids is 1. The average Bonchev–Trinajstić information content (AvgIpc) is 2.86. The molecule has 0 bridgehead atoms. The van der Waals surface area contributed by atoms with Gasteiger partial charge in [-0.15, -0.1) is 0 Å². The van der Waals surface area contributed by atoms with Crippen molar-refractivity contribution in [3.05, 3.63) is 47.5 Å². The highest BCUT2D eigenvalue weighted by Crippen LogP contribution is 2.28. The average molecular weight is 498 g/mol. The van der Waals surface area contributed by atoms with Gasteiger partial charge in [0.15, 0.2) is 11.3 Å². The van der Waals surface area contributed by atoms with Crippen LogP contribution in [0.2, 0.25) is 5.15 Å². The monoisotopic (exact) mass is 497 g/mol. The van der Waals surface area contributed by atoms with Gasteiger partial charge in [0.05, 0.1) is 19.3 Å². The summed E-state index contributed by atoms with van der Waals surface area (Å²) in [6, 6.07) is 6.21. The summed E-state index contributed by atoms with van der Waals surface area (Å²) in [5, 5.41) is 21.1. The first-order valence-corrected chi connectivity index (χ1v) is 12.2. The van der Waals surface area contributed by atoms with Crippen LogP contribution in [0.1, 0.15) is 37.4 Å². The molecule has 1 saturated carbocycles. The summed E-state index contributed by atoms with van der Waals surface area (Å²) in [5.74, 6) is 1.35. The first-order chi connectivity index (χ1) is 17.0. The maximum Gasteiger partial charge on any atom is 0.253 e. The molecule has 1 aliphatic carbocycles. The predicted octanol–water partition coefficient (Wildman–Crippen LogP) is 2.70. The highest BCUT2D eigenvalue weighted by molar-refractivity contribution is 6.33. The van der Waals surface area contributed by atoms with Crippen LogP contribution in [0.15, 0.2) is 36.8 Å². The van der Waals surface area contributed by atoms with Gasteiger partial charge in [-0.2, -0.15) is 0 Å². The maximum absolute atomic E-state index is 12.1. The number of halogens is 1. The SMILES string of the molecule is O=C(NC1COC1)[C@H](O)c1cnc(NCC2CCC(Nc3ccc4ccnc(Cl)c4n3)CC2)nc1. The lowest BCUT2D eigenvalue weighted by atomic mass is 9.86. The molecule has 1 atom stereocenters. The van der Waals surface area contributed by atoms with Crippen molar-refractivity contribution in [3.8, 4) is 0 Å². The molecule has 4 heterocycles. The molecule has 1 aliphatic heterocycles. The first-order valence-electron chi connectivity index (χ1n) is 11.8. The summed E-state index contributed by atoms with van der Waals surface area (Å²) in [7, 11) is 0. The summed E-state index contributed by atoms with van der Waals surface area (Å²) in [6.45, 7) is 1.72. The molecule has 1 saturated heterocycles. The molecule has 10 nitrogen and oxygen atoms in total. The van der Waals surface area contributed by atoms with Gasteiger partial charge in [0.2, 0.25) is 5.95 Å². The summed E-state index contributed by atoms with van der Waals surface area (Å²) in [4.78, 5) is 29.3. The zero-order valence-corrected chi connectivity index (χ0v) is 19.9. The molecule has 11 heteroatoms. The number of carbonyl (C=O) groups is 1. The Morgan fingerprint density at radius 3 is 2.57 bits per heavy atom. The molecule has 5 rings (SSSR count). The molecular formula is C24H28ClN7O3. The third kappa shape index (κ3) is 5.77. The lowest BCUT2D eigenvalue weighted by Gasteiger charge is -2.29. The van der Waals surface area contributed by atoms with E-state index in [0.717, 1.165) is 43.4 Å². The molecule has 35 heavy (non-hydrogen) atoms. The Balaban J connectivity index is 1.06. The van der Waals surface area contributed by atoms with Gasteiger partial charge in [0.25, 0.3) is 5.91 Å². The molecule has 2 fully saturated rings. The molecule has 0 radical (unpaired) electrons. The van der Waals surface area contributed by atoms with Gasteiger partial charge in [-0.05, 0) is 49.8 Å². The third-order valence-electron chi connectivity index (χ3n) is 6.53. The molecule has 0 spiro atoms. The summed E-state index contributed by atoms with van der Waals surface area (Å²) in [5.41, 5.74) is 1.07. The molecule has 0 unspecified atom stereocenters. The second-order valence-electron chi connectivity index (χ2n) is 9.10. The molecule has 3 aromatic rings. The number of pyridine rings is 2. The van der Waals surface area contributed by atoms with Gasteiger partial charge in [0, 0.05) is 42.1 Å². The summed E-state index contributed by atoms with van der Waals surface area (Å²) < 4.78 is 5.02. The quantitative estimate of drug-likeness (QED) is 0.346. The number of nitrogens with zero attached hydrogens (tertiary/aromatic N) is 4. The van der Waals surface area contributed by atoms with Crippen LogP contribution in [0.5, 0.6) is 0 Å². The highest BCUT2D eigenvalue weighted by atomic mass is 35.5. The number of fused-ring (bicyclic) bond motifs is 1. The first kappa shape index (κ1) is 23.7. The normalized spacial score (nSPS) is 21.2. The van der Waals surface area contributed by atoms with E-state index in [2.05, 4.69) is 35.9 Å². The molecule has 4 N–H and O–H groups in total. The number of aliphatic hydroxyl groups excluding tert-OH is 1. The minimum Gasteiger partial charge on any atom is -0.378 e. The van der Waals surface area contributed by atoms with Crippen LogP contribution in [-0.4, -0.2) is 62.8 Å². The summed E-state index contributed by atoms with van der Waals surface area (Å²) in [6.07, 6.45) is 7.58. The van der Waals surface area contributed by atoms with Crippen molar-refractivity contribution in [3.63, 3.8) is 0 Å². The van der Waals surface area contributed by atoms with E-state index in [9.17, 15) is 9.90 Å². The Morgan fingerprint density at radius 1 is 1.09 bits per heavy atom. The number of ether oxygens (including phenoxy) is 1. The zero-order chi connectivity index (χ0) is 24.2. The van der Waals surface area contributed by atoms with Crippen molar-refractivity contribution in [1.29, 1.82) is 0 Å². The van der Waals surface area contributed by atoms with Crippen molar-refractivity contribution >= 4 is 40.2 Å². The standard InChI is InChI=1S/C24H28ClN7O3/c25-22-20-15(7-8-26-22)3-6-19(32-20)30-17-4-1-14(2-5-17)9-27-24-28-10-16(11-29-24)21(33)23(34)31-18-12-35-13-18/h3,6-8,10-11,14,17-18,21,33H,1-2,4-5,9,12-13H2,(H,30,32)(H,31,34)(H,27,28,29)/t14?,17?,21-/m1/s1. The van der Waals surface area contributed by atoms with Crippen LogP contribution in [0.4, 0.5) is 11.8 Å². The van der Waals surface area contributed by atoms with E-state index in [1.165, 1.54) is 12.4 Å². The maximum atomic E-state index is 12.1. The molecule has 3 aromatic heterocycles. The third-order valence-corrected chi connectivity index (χ3v) is 6.81. The van der Waals surface area contributed by atoms with E-state index >= 15 is 0 Å². The Kier molecular flexibility index (Phi) is 7.21. The zero-order valence-electron chi connectivity index (χ0n) is 19.2. The van der Waals surface area contributed by atoms with Gasteiger partial charge in [-0.3, -0.25) is 4.79 Å². The fourth-order valence-electron chi connectivity index (χ4n) is 4.37. The van der Waals surface area contributed by atoms with Gasteiger partial charge >= 0.3 is 0 Å². The Labute approximate surface area is 207 Å². The second kappa shape index (κ2) is 10.7. The Hall–Kier alpha value is -3.08. The van der Waals surface area contributed by atoms with E-state index in [0.29, 0.717) is 47.4 Å². The number of hydrogen-bond acceptors (Lipinski definition) is 9. The number of hydrogen-bond donors (Lipinski definition) is 4. The van der Waals surface area contributed by atoms with Gasteiger partial charge in [-0.1, -0.05) is 11.6 Å². The van der Waals surface area contributed by atoms with Crippen LogP contribution < -0.4 is 16.0 Å². The van der Waals surface area contributed by atoms with Crippen molar-refractivity contribution in [2.24, 2.45) is 5.92 Å². The number of aliphatic hydroxyl groups is 1. The molecular weight excluding hydrogens is 470 g/mol. The molecule has 0 aromatic carbocycles. The van der Waals surface area contributed by atoms with Crippen molar-refractivity contribution in [2.45, 2.75) is 43.9 Å². The van der Waals surface area contributed by atoms with Crippen molar-refractivity contribution < 1.29 is 14.6 Å². The molecule has 2 aliphatic rings. The predicted molar refractivity (Wildman–Crippen MR) is 132 cm³/mol. The highest BCUT2D eigenvalue weighted by Gasteiger charge is 2.26. The Morgan fingerprint density at radius 2 is 1.86 bits per heavy atom. The number of anilines is 2. The fraction of sp³-hybridized carbons (Fsp3) is 0.458.